The minimum absolute atomic E-state index is 0.0671. The van der Waals surface area contributed by atoms with Crippen molar-refractivity contribution in [1.82, 2.24) is 5.32 Å². The predicted molar refractivity (Wildman–Crippen MR) is 99.2 cm³/mol. The average Bonchev–Trinajstić information content (AvgIpc) is 3.26. The van der Waals surface area contributed by atoms with Crippen LogP contribution in [0.3, 0.4) is 0 Å². The quantitative estimate of drug-likeness (QED) is 0.655. The predicted octanol–water partition coefficient (Wildman–Crippen LogP) is 3.20. The maximum atomic E-state index is 12.2. The molecule has 0 spiro atoms. The lowest BCUT2D eigenvalue weighted by atomic mass is 10.1. The summed E-state index contributed by atoms with van der Waals surface area (Å²) in [5.41, 5.74) is 2.35. The Bertz CT molecular complexity index is 899. The number of furan rings is 1. The van der Waals surface area contributed by atoms with Crippen molar-refractivity contribution in [2.24, 2.45) is 0 Å². The van der Waals surface area contributed by atoms with Gasteiger partial charge < -0.3 is 19.6 Å². The molecule has 6 heteroatoms. The van der Waals surface area contributed by atoms with Crippen LogP contribution in [-0.4, -0.2) is 30.6 Å². The molecule has 1 amide bonds. The van der Waals surface area contributed by atoms with Crippen molar-refractivity contribution in [3.63, 3.8) is 0 Å². The van der Waals surface area contributed by atoms with Crippen molar-refractivity contribution in [3.8, 4) is 11.3 Å². The number of carbonyl (C=O) groups is 2. The third-order valence-corrected chi connectivity index (χ3v) is 4.13. The Hall–Kier alpha value is -3.38. The summed E-state index contributed by atoms with van der Waals surface area (Å²) in [5, 5.41) is 13.0. The Morgan fingerprint density at radius 2 is 1.70 bits per heavy atom. The van der Waals surface area contributed by atoms with E-state index in [4.69, 9.17) is 4.42 Å². The van der Waals surface area contributed by atoms with Gasteiger partial charge in [0.1, 0.15) is 5.76 Å². The van der Waals surface area contributed by atoms with Gasteiger partial charge in [-0.2, -0.15) is 0 Å². The van der Waals surface area contributed by atoms with Gasteiger partial charge in [0.2, 0.25) is 0 Å². The molecule has 1 aromatic heterocycles. The molecule has 2 N–H and O–H groups in total. The molecule has 27 heavy (non-hydrogen) atoms. The van der Waals surface area contributed by atoms with E-state index in [-0.39, 0.29) is 12.5 Å². The molecule has 0 aliphatic rings. The molecular weight excluding hydrogens is 346 g/mol. The molecule has 0 aliphatic carbocycles. The van der Waals surface area contributed by atoms with E-state index in [0.29, 0.717) is 16.7 Å². The van der Waals surface area contributed by atoms with E-state index in [2.05, 4.69) is 10.1 Å². The molecule has 0 saturated carbocycles. The first-order chi connectivity index (χ1) is 13.1. The van der Waals surface area contributed by atoms with Crippen LogP contribution in [0, 0.1) is 0 Å². The monoisotopic (exact) mass is 365 g/mol. The standard InChI is InChI=1S/C21H19NO5/c1-26-21(25)17-10-8-16(9-11-17)20(24)22-13-18(23)14-4-6-15(7-5-14)19-3-2-12-27-19/h2-12,18,23H,13H2,1H3,(H,22,24). The van der Waals surface area contributed by atoms with Gasteiger partial charge in [-0.25, -0.2) is 4.79 Å². The van der Waals surface area contributed by atoms with Crippen molar-refractivity contribution in [3.05, 3.63) is 83.6 Å². The fraction of sp³-hybridized carbons (Fsp3) is 0.143. The van der Waals surface area contributed by atoms with Gasteiger partial charge in [-0.3, -0.25) is 4.79 Å². The molecule has 1 heterocycles. The number of aliphatic hydroxyl groups excluding tert-OH is 1. The summed E-state index contributed by atoms with van der Waals surface area (Å²) in [6.07, 6.45) is 0.764. The molecule has 0 fully saturated rings. The topological polar surface area (TPSA) is 88.8 Å². The van der Waals surface area contributed by atoms with Crippen LogP contribution in [0.5, 0.6) is 0 Å². The third kappa shape index (κ3) is 4.43. The number of carbonyl (C=O) groups excluding carboxylic acids is 2. The van der Waals surface area contributed by atoms with E-state index in [1.165, 1.54) is 31.4 Å². The number of rotatable bonds is 6. The third-order valence-electron chi connectivity index (χ3n) is 4.13. The minimum Gasteiger partial charge on any atom is -0.465 e. The maximum absolute atomic E-state index is 12.2. The summed E-state index contributed by atoms with van der Waals surface area (Å²) < 4.78 is 9.95. The number of ether oxygens (including phenoxy) is 1. The number of nitrogens with one attached hydrogen (secondary N) is 1. The molecule has 6 nitrogen and oxygen atoms in total. The number of benzene rings is 2. The Balaban J connectivity index is 1.57. The number of hydrogen-bond donors (Lipinski definition) is 2. The summed E-state index contributed by atoms with van der Waals surface area (Å²) >= 11 is 0. The zero-order valence-electron chi connectivity index (χ0n) is 14.7. The lowest BCUT2D eigenvalue weighted by molar-refractivity contribution is 0.0600. The molecule has 3 aromatic rings. The summed E-state index contributed by atoms with van der Waals surface area (Å²) in [6.45, 7) is 0.0671. The van der Waals surface area contributed by atoms with Crippen LogP contribution in [0.15, 0.2) is 71.3 Å². The van der Waals surface area contributed by atoms with Crippen LogP contribution in [0.4, 0.5) is 0 Å². The van der Waals surface area contributed by atoms with E-state index >= 15 is 0 Å². The van der Waals surface area contributed by atoms with Crippen LogP contribution in [0.25, 0.3) is 11.3 Å². The number of hydrogen-bond acceptors (Lipinski definition) is 5. The zero-order valence-corrected chi connectivity index (χ0v) is 14.7. The Morgan fingerprint density at radius 1 is 1.04 bits per heavy atom. The van der Waals surface area contributed by atoms with Crippen LogP contribution < -0.4 is 5.32 Å². The number of amides is 1. The van der Waals surface area contributed by atoms with E-state index in [9.17, 15) is 14.7 Å². The smallest absolute Gasteiger partial charge is 0.337 e. The summed E-state index contributed by atoms with van der Waals surface area (Å²) in [5.74, 6) is -0.0483. The van der Waals surface area contributed by atoms with Gasteiger partial charge in [0, 0.05) is 17.7 Å². The Morgan fingerprint density at radius 3 is 2.30 bits per heavy atom. The minimum atomic E-state index is -0.839. The number of aliphatic hydroxyl groups is 1. The fourth-order valence-corrected chi connectivity index (χ4v) is 2.60. The molecule has 0 saturated heterocycles. The lowest BCUT2D eigenvalue weighted by Crippen LogP contribution is -2.28. The molecule has 1 unspecified atom stereocenters. The summed E-state index contributed by atoms with van der Waals surface area (Å²) in [7, 11) is 1.30. The summed E-state index contributed by atoms with van der Waals surface area (Å²) in [6, 6.07) is 17.1. The second kappa shape index (κ2) is 8.33. The van der Waals surface area contributed by atoms with E-state index < -0.39 is 12.1 Å². The van der Waals surface area contributed by atoms with Gasteiger partial charge in [-0.15, -0.1) is 0 Å². The first-order valence-electron chi connectivity index (χ1n) is 8.37. The maximum Gasteiger partial charge on any atom is 0.337 e. The highest BCUT2D eigenvalue weighted by Gasteiger charge is 2.12. The first-order valence-corrected chi connectivity index (χ1v) is 8.37. The highest BCUT2D eigenvalue weighted by Crippen LogP contribution is 2.22. The van der Waals surface area contributed by atoms with Gasteiger partial charge in [0.25, 0.3) is 5.91 Å². The SMILES string of the molecule is COC(=O)c1ccc(C(=O)NCC(O)c2ccc(-c3ccco3)cc2)cc1. The van der Waals surface area contributed by atoms with Gasteiger partial charge in [-0.1, -0.05) is 24.3 Å². The second-order valence-electron chi connectivity index (χ2n) is 5.89. The van der Waals surface area contributed by atoms with Crippen LogP contribution in [0.1, 0.15) is 32.4 Å². The molecule has 138 valence electrons. The van der Waals surface area contributed by atoms with E-state index in [1.54, 1.807) is 18.4 Å². The normalized spacial score (nSPS) is 11.6. The number of methoxy groups -OCH3 is 1. The molecule has 3 rings (SSSR count). The Labute approximate surface area is 156 Å². The molecule has 0 bridgehead atoms. The molecule has 2 aromatic carbocycles. The number of esters is 1. The largest absolute Gasteiger partial charge is 0.465 e. The lowest BCUT2D eigenvalue weighted by Gasteiger charge is -2.13. The van der Waals surface area contributed by atoms with Crippen molar-refractivity contribution in [2.45, 2.75) is 6.10 Å². The van der Waals surface area contributed by atoms with E-state index in [1.807, 2.05) is 24.3 Å². The zero-order chi connectivity index (χ0) is 19.2. The highest BCUT2D eigenvalue weighted by atomic mass is 16.5. The van der Waals surface area contributed by atoms with Crippen molar-refractivity contribution >= 4 is 11.9 Å². The van der Waals surface area contributed by atoms with Gasteiger partial charge in [-0.05, 0) is 42.0 Å². The fourth-order valence-electron chi connectivity index (χ4n) is 2.60. The van der Waals surface area contributed by atoms with Gasteiger partial charge in [0.05, 0.1) is 25.0 Å². The van der Waals surface area contributed by atoms with Crippen molar-refractivity contribution < 1.29 is 23.8 Å². The average molecular weight is 365 g/mol. The highest BCUT2D eigenvalue weighted by molar-refractivity contribution is 5.96. The van der Waals surface area contributed by atoms with Crippen LogP contribution in [0.2, 0.25) is 0 Å². The van der Waals surface area contributed by atoms with Crippen molar-refractivity contribution in [2.75, 3.05) is 13.7 Å². The summed E-state index contributed by atoms with van der Waals surface area (Å²) in [4.78, 5) is 23.6. The van der Waals surface area contributed by atoms with Gasteiger partial charge in [0.15, 0.2) is 0 Å². The second-order valence-corrected chi connectivity index (χ2v) is 5.89. The molecule has 0 aliphatic heterocycles. The van der Waals surface area contributed by atoms with E-state index in [0.717, 1.165) is 11.3 Å². The molecular formula is C21H19NO5. The Kier molecular flexibility index (Phi) is 5.68. The van der Waals surface area contributed by atoms with Crippen LogP contribution in [-0.2, 0) is 4.74 Å². The van der Waals surface area contributed by atoms with Crippen LogP contribution >= 0.6 is 0 Å². The van der Waals surface area contributed by atoms with Crippen molar-refractivity contribution in [1.29, 1.82) is 0 Å². The van der Waals surface area contributed by atoms with Gasteiger partial charge >= 0.3 is 5.97 Å². The first kappa shape index (κ1) is 18.4. The molecule has 0 radical (unpaired) electrons. The molecule has 1 atom stereocenters.